The largest absolute Gasteiger partial charge is 0.465 e. The van der Waals surface area contributed by atoms with Crippen LogP contribution in [0.5, 0.6) is 0 Å². The van der Waals surface area contributed by atoms with Crippen molar-refractivity contribution >= 4 is 29.8 Å². The molecule has 0 heterocycles. The fourth-order valence-electron chi connectivity index (χ4n) is 1.32. The molecule has 6 nitrogen and oxygen atoms in total. The number of nitrogens with two attached hydrogens (primary N) is 1. The van der Waals surface area contributed by atoms with Gasteiger partial charge in [0.2, 0.25) is 0 Å². The number of hydrogen-bond acceptors (Lipinski definition) is 5. The summed E-state index contributed by atoms with van der Waals surface area (Å²) in [5.41, 5.74) is 5.72. The molecule has 0 unspecified atom stereocenters. The fourth-order valence-corrected chi connectivity index (χ4v) is 1.32. The molecule has 7 heteroatoms. The number of carbonyl (C=O) groups is 1. The molecular weight excluding hydrogens is 236 g/mol. The highest BCUT2D eigenvalue weighted by Crippen LogP contribution is 2.26. The van der Waals surface area contributed by atoms with E-state index in [-0.39, 0.29) is 23.7 Å². The molecular formula is C9H11ClN2O4. The molecule has 0 aliphatic rings. The summed E-state index contributed by atoms with van der Waals surface area (Å²) in [7, 11) is 1.16. The first-order valence-corrected chi connectivity index (χ1v) is 4.10. The third-order valence-electron chi connectivity index (χ3n) is 1.91. The third-order valence-corrected chi connectivity index (χ3v) is 1.91. The fraction of sp³-hybridized carbons (Fsp3) is 0.222. The van der Waals surface area contributed by atoms with Gasteiger partial charge < -0.3 is 10.5 Å². The smallest absolute Gasteiger partial charge is 0.344 e. The summed E-state index contributed by atoms with van der Waals surface area (Å²) < 4.78 is 4.44. The van der Waals surface area contributed by atoms with Crippen LogP contribution >= 0.6 is 12.4 Å². The Morgan fingerprint density at radius 2 is 2.06 bits per heavy atom. The van der Waals surface area contributed by atoms with Crippen molar-refractivity contribution < 1.29 is 14.5 Å². The van der Waals surface area contributed by atoms with Crippen molar-refractivity contribution in [2.75, 3.05) is 12.8 Å². The van der Waals surface area contributed by atoms with Crippen LogP contribution in [0.4, 0.5) is 11.4 Å². The minimum absolute atomic E-state index is 0. The number of nitrogens with zero attached hydrogens (tertiary/aromatic N) is 1. The topological polar surface area (TPSA) is 95.5 Å². The van der Waals surface area contributed by atoms with Crippen molar-refractivity contribution in [3.63, 3.8) is 0 Å². The predicted molar refractivity (Wildman–Crippen MR) is 60.8 cm³/mol. The number of nitro benzene ring substituents is 1. The van der Waals surface area contributed by atoms with Crippen LogP contribution in [0.2, 0.25) is 0 Å². The van der Waals surface area contributed by atoms with Gasteiger partial charge in [0.1, 0.15) is 5.56 Å². The molecule has 0 spiro atoms. The van der Waals surface area contributed by atoms with E-state index in [0.717, 1.165) is 7.11 Å². The zero-order valence-electron chi connectivity index (χ0n) is 8.72. The Kier molecular flexibility index (Phi) is 4.71. The van der Waals surface area contributed by atoms with Crippen molar-refractivity contribution in [2.24, 2.45) is 0 Å². The molecule has 0 aliphatic carbocycles. The molecule has 16 heavy (non-hydrogen) atoms. The maximum Gasteiger partial charge on any atom is 0.344 e. The number of benzene rings is 1. The maximum absolute atomic E-state index is 11.3. The molecule has 0 radical (unpaired) electrons. The molecule has 0 aromatic heterocycles. The Bertz CT molecular complexity index is 434. The lowest BCUT2D eigenvalue weighted by Gasteiger charge is -2.04. The molecule has 1 aromatic rings. The Morgan fingerprint density at radius 3 is 2.50 bits per heavy atom. The number of hydrogen-bond donors (Lipinski definition) is 1. The van der Waals surface area contributed by atoms with Crippen LogP contribution in [-0.4, -0.2) is 18.0 Å². The van der Waals surface area contributed by atoms with Gasteiger partial charge in [-0.1, -0.05) is 0 Å². The van der Waals surface area contributed by atoms with Gasteiger partial charge in [-0.05, 0) is 19.1 Å². The van der Waals surface area contributed by atoms with Crippen molar-refractivity contribution in [1.82, 2.24) is 0 Å². The number of aryl methyl sites for hydroxylation is 1. The summed E-state index contributed by atoms with van der Waals surface area (Å²) >= 11 is 0. The highest BCUT2D eigenvalue weighted by Gasteiger charge is 2.23. The summed E-state index contributed by atoms with van der Waals surface area (Å²) in [6, 6.07) is 2.67. The first kappa shape index (κ1) is 14.2. The Labute approximate surface area is 97.9 Å². The Morgan fingerprint density at radius 1 is 1.50 bits per heavy atom. The van der Waals surface area contributed by atoms with Crippen LogP contribution in [-0.2, 0) is 4.74 Å². The standard InChI is InChI=1S/C9H10N2O4.ClH/c1-5-3-6(10)4-7(9(12)15-2)8(5)11(13)14;/h3-4H,10H2,1-2H3;1H. The average molecular weight is 247 g/mol. The van der Waals surface area contributed by atoms with Crippen LogP contribution in [0.15, 0.2) is 12.1 Å². The molecule has 0 aliphatic heterocycles. The number of anilines is 1. The van der Waals surface area contributed by atoms with Crippen molar-refractivity contribution in [1.29, 1.82) is 0 Å². The molecule has 0 saturated carbocycles. The molecule has 0 fully saturated rings. The van der Waals surface area contributed by atoms with Gasteiger partial charge in [0, 0.05) is 11.3 Å². The minimum Gasteiger partial charge on any atom is -0.465 e. The van der Waals surface area contributed by atoms with E-state index in [1.165, 1.54) is 19.1 Å². The number of nitrogen functional groups attached to an aromatic ring is 1. The number of carbonyl (C=O) groups excluding carboxylic acids is 1. The third kappa shape index (κ3) is 2.60. The zero-order valence-corrected chi connectivity index (χ0v) is 9.54. The van der Waals surface area contributed by atoms with Gasteiger partial charge >= 0.3 is 5.97 Å². The van der Waals surface area contributed by atoms with Gasteiger partial charge in [0.05, 0.1) is 12.0 Å². The molecule has 2 N–H and O–H groups in total. The van der Waals surface area contributed by atoms with Crippen LogP contribution in [0.25, 0.3) is 0 Å². The van der Waals surface area contributed by atoms with Gasteiger partial charge in [-0.3, -0.25) is 10.1 Å². The van der Waals surface area contributed by atoms with E-state index in [9.17, 15) is 14.9 Å². The van der Waals surface area contributed by atoms with Gasteiger partial charge in [-0.2, -0.15) is 0 Å². The van der Waals surface area contributed by atoms with Crippen LogP contribution < -0.4 is 5.73 Å². The normalized spacial score (nSPS) is 9.12. The summed E-state index contributed by atoms with van der Waals surface area (Å²) in [6.07, 6.45) is 0. The number of ether oxygens (including phenoxy) is 1. The second-order valence-corrected chi connectivity index (χ2v) is 2.98. The number of rotatable bonds is 2. The second-order valence-electron chi connectivity index (χ2n) is 2.98. The lowest BCUT2D eigenvalue weighted by molar-refractivity contribution is -0.385. The van der Waals surface area contributed by atoms with E-state index in [4.69, 9.17) is 5.73 Å². The predicted octanol–water partition coefficient (Wildman–Crippen LogP) is 1.69. The zero-order chi connectivity index (χ0) is 11.6. The SMILES string of the molecule is COC(=O)c1cc(N)cc(C)c1[N+](=O)[O-].Cl. The summed E-state index contributed by atoms with van der Waals surface area (Å²) in [5, 5.41) is 10.7. The first-order chi connectivity index (χ1) is 6.97. The Hall–Kier alpha value is -1.82. The van der Waals surface area contributed by atoms with Crippen molar-refractivity contribution in [2.45, 2.75) is 6.92 Å². The van der Waals surface area contributed by atoms with Gasteiger partial charge in [0.25, 0.3) is 5.69 Å². The van der Waals surface area contributed by atoms with Crippen LogP contribution in [0, 0.1) is 17.0 Å². The number of halogens is 1. The Balaban J connectivity index is 0.00000225. The van der Waals surface area contributed by atoms with Crippen molar-refractivity contribution in [3.8, 4) is 0 Å². The van der Waals surface area contributed by atoms with Gasteiger partial charge in [-0.15, -0.1) is 12.4 Å². The summed E-state index contributed by atoms with van der Waals surface area (Å²) in [6.45, 7) is 1.51. The summed E-state index contributed by atoms with van der Waals surface area (Å²) in [4.78, 5) is 21.4. The lowest BCUT2D eigenvalue weighted by Crippen LogP contribution is -2.08. The van der Waals surface area contributed by atoms with E-state index >= 15 is 0 Å². The molecule has 0 saturated heterocycles. The van der Waals surface area contributed by atoms with Crippen LogP contribution in [0.1, 0.15) is 15.9 Å². The van der Waals surface area contributed by atoms with Gasteiger partial charge in [-0.25, -0.2) is 4.79 Å². The first-order valence-electron chi connectivity index (χ1n) is 4.10. The van der Waals surface area contributed by atoms with Gasteiger partial charge in [0.15, 0.2) is 0 Å². The molecule has 0 atom stereocenters. The molecule has 0 amide bonds. The summed E-state index contributed by atoms with van der Waals surface area (Å²) in [5.74, 6) is -0.767. The molecule has 1 aromatic carbocycles. The minimum atomic E-state index is -0.767. The number of methoxy groups -OCH3 is 1. The monoisotopic (exact) mass is 246 g/mol. The molecule has 0 bridgehead atoms. The van der Waals surface area contributed by atoms with E-state index in [0.29, 0.717) is 11.3 Å². The number of nitro groups is 1. The number of esters is 1. The lowest BCUT2D eigenvalue weighted by atomic mass is 10.1. The second kappa shape index (κ2) is 5.32. The van der Waals surface area contributed by atoms with Crippen LogP contribution in [0.3, 0.4) is 0 Å². The van der Waals surface area contributed by atoms with E-state index in [2.05, 4.69) is 4.74 Å². The highest BCUT2D eigenvalue weighted by molar-refractivity contribution is 5.95. The molecule has 88 valence electrons. The highest BCUT2D eigenvalue weighted by atomic mass is 35.5. The van der Waals surface area contributed by atoms with E-state index in [1.54, 1.807) is 0 Å². The molecule has 1 rings (SSSR count). The quantitative estimate of drug-likeness (QED) is 0.371. The van der Waals surface area contributed by atoms with E-state index < -0.39 is 10.9 Å². The average Bonchev–Trinajstić information content (AvgIpc) is 2.14. The van der Waals surface area contributed by atoms with Crippen molar-refractivity contribution in [3.05, 3.63) is 33.4 Å². The maximum atomic E-state index is 11.3. The van der Waals surface area contributed by atoms with E-state index in [1.807, 2.05) is 0 Å².